The Morgan fingerprint density at radius 2 is 2.33 bits per heavy atom. The van der Waals surface area contributed by atoms with E-state index in [-0.39, 0.29) is 5.82 Å². The Bertz CT molecular complexity index is 530. The van der Waals surface area contributed by atoms with Gasteiger partial charge in [-0.15, -0.1) is 0 Å². The lowest BCUT2D eigenvalue weighted by atomic mass is 10.2. The van der Waals surface area contributed by atoms with E-state index < -0.39 is 0 Å². The highest BCUT2D eigenvalue weighted by molar-refractivity contribution is 7.11. The van der Waals surface area contributed by atoms with E-state index in [1.165, 1.54) is 23.7 Å². The van der Waals surface area contributed by atoms with E-state index in [9.17, 15) is 4.39 Å². The summed E-state index contributed by atoms with van der Waals surface area (Å²) in [5.41, 5.74) is 6.55. The average Bonchev–Trinajstić information content (AvgIpc) is 2.69. The molecule has 1 heterocycles. The molecule has 0 atom stereocenters. The Morgan fingerprint density at radius 1 is 1.50 bits per heavy atom. The lowest BCUT2D eigenvalue weighted by Crippen LogP contribution is -2.01. The van der Waals surface area contributed by atoms with E-state index in [0.717, 1.165) is 10.6 Å². The molecule has 0 spiro atoms. The molecule has 0 aliphatic carbocycles. The third kappa shape index (κ3) is 2.89. The number of nitrogens with one attached hydrogen (secondary N) is 1. The predicted octanol–water partition coefficient (Wildman–Crippen LogP) is 2.88. The topological polar surface area (TPSA) is 60.2 Å². The van der Waals surface area contributed by atoms with E-state index in [1.807, 2.05) is 13.0 Å². The molecule has 0 aliphatic heterocycles. The van der Waals surface area contributed by atoms with Crippen molar-refractivity contribution in [3.05, 3.63) is 35.6 Å². The number of aromatic nitrogens is 1. The first-order chi connectivity index (χ1) is 8.70. The first kappa shape index (κ1) is 12.6. The van der Waals surface area contributed by atoms with Gasteiger partial charge in [0, 0.05) is 6.54 Å². The van der Waals surface area contributed by atoms with Gasteiger partial charge >= 0.3 is 0 Å². The van der Waals surface area contributed by atoms with Gasteiger partial charge in [-0.25, -0.2) is 4.39 Å². The zero-order valence-corrected chi connectivity index (χ0v) is 10.8. The normalized spacial score (nSPS) is 10.3. The van der Waals surface area contributed by atoms with Crippen molar-refractivity contribution in [1.29, 1.82) is 0 Å². The molecule has 96 valence electrons. The molecule has 2 aromatic rings. The van der Waals surface area contributed by atoms with Crippen molar-refractivity contribution in [1.82, 2.24) is 4.37 Å². The van der Waals surface area contributed by atoms with Gasteiger partial charge in [0.1, 0.15) is 5.82 Å². The molecule has 0 fully saturated rings. The van der Waals surface area contributed by atoms with Crippen molar-refractivity contribution in [2.75, 3.05) is 17.7 Å². The van der Waals surface area contributed by atoms with Crippen LogP contribution in [-0.4, -0.2) is 11.0 Å². The molecule has 0 amide bonds. The molecular formula is C12H14FN3OS. The Hall–Kier alpha value is -1.82. The summed E-state index contributed by atoms with van der Waals surface area (Å²) in [6.45, 7) is 2.91. The number of anilines is 2. The van der Waals surface area contributed by atoms with Crippen molar-refractivity contribution in [3.8, 4) is 5.75 Å². The first-order valence-corrected chi connectivity index (χ1v) is 6.34. The van der Waals surface area contributed by atoms with Crippen LogP contribution in [0.1, 0.15) is 12.5 Å². The number of hydrogen-bond acceptors (Lipinski definition) is 5. The van der Waals surface area contributed by atoms with Gasteiger partial charge in [0.15, 0.2) is 16.6 Å². The summed E-state index contributed by atoms with van der Waals surface area (Å²) in [4.78, 5) is 0. The van der Waals surface area contributed by atoms with Gasteiger partial charge in [-0.3, -0.25) is 0 Å². The van der Waals surface area contributed by atoms with E-state index in [4.69, 9.17) is 10.5 Å². The Labute approximate surface area is 109 Å². The molecule has 18 heavy (non-hydrogen) atoms. The highest BCUT2D eigenvalue weighted by Crippen LogP contribution is 2.35. The van der Waals surface area contributed by atoms with Crippen molar-refractivity contribution in [2.24, 2.45) is 0 Å². The SMILES string of the molecule is CCOc1c(N)nsc1NCc1cccc(F)c1. The fraction of sp³-hybridized carbons (Fsp3) is 0.250. The van der Waals surface area contributed by atoms with Crippen LogP contribution >= 0.6 is 11.5 Å². The number of nitrogen functional groups attached to an aromatic ring is 1. The maximum Gasteiger partial charge on any atom is 0.197 e. The molecule has 3 N–H and O–H groups in total. The number of hydrogen-bond donors (Lipinski definition) is 2. The van der Waals surface area contributed by atoms with Gasteiger partial charge in [-0.2, -0.15) is 4.37 Å². The van der Waals surface area contributed by atoms with Crippen LogP contribution in [0.15, 0.2) is 24.3 Å². The van der Waals surface area contributed by atoms with Gasteiger partial charge in [0.05, 0.1) is 6.61 Å². The molecule has 0 saturated carbocycles. The number of ether oxygens (including phenoxy) is 1. The molecule has 1 aromatic carbocycles. The van der Waals surface area contributed by atoms with Crippen LogP contribution in [0.3, 0.4) is 0 Å². The molecule has 0 aliphatic rings. The van der Waals surface area contributed by atoms with Crippen LogP contribution in [0, 0.1) is 5.82 Å². The smallest absolute Gasteiger partial charge is 0.197 e. The maximum absolute atomic E-state index is 13.0. The fourth-order valence-corrected chi connectivity index (χ4v) is 2.18. The third-order valence-corrected chi connectivity index (χ3v) is 3.11. The Morgan fingerprint density at radius 3 is 3.06 bits per heavy atom. The number of nitrogens with zero attached hydrogens (tertiary/aromatic N) is 1. The van der Waals surface area contributed by atoms with Crippen molar-refractivity contribution in [3.63, 3.8) is 0 Å². The van der Waals surface area contributed by atoms with Crippen LogP contribution in [0.4, 0.5) is 15.2 Å². The Balaban J connectivity index is 2.06. The Kier molecular flexibility index (Phi) is 3.99. The minimum absolute atomic E-state index is 0.247. The van der Waals surface area contributed by atoms with Crippen LogP contribution in [0.25, 0.3) is 0 Å². The third-order valence-electron chi connectivity index (χ3n) is 2.30. The quantitative estimate of drug-likeness (QED) is 0.874. The summed E-state index contributed by atoms with van der Waals surface area (Å²) >= 11 is 1.23. The summed E-state index contributed by atoms with van der Waals surface area (Å²) in [6.07, 6.45) is 0. The highest BCUT2D eigenvalue weighted by Gasteiger charge is 2.12. The number of halogens is 1. The lowest BCUT2D eigenvalue weighted by molar-refractivity contribution is 0.344. The van der Waals surface area contributed by atoms with E-state index in [1.54, 1.807) is 6.07 Å². The van der Waals surface area contributed by atoms with Gasteiger partial charge in [-0.05, 0) is 36.2 Å². The molecule has 4 nitrogen and oxygen atoms in total. The molecule has 0 saturated heterocycles. The molecule has 0 unspecified atom stereocenters. The molecule has 6 heteroatoms. The second-order valence-corrected chi connectivity index (χ2v) is 4.42. The molecular weight excluding hydrogens is 253 g/mol. The van der Waals surface area contributed by atoms with Crippen molar-refractivity contribution in [2.45, 2.75) is 13.5 Å². The van der Waals surface area contributed by atoms with E-state index in [0.29, 0.717) is 24.7 Å². The fourth-order valence-electron chi connectivity index (χ4n) is 1.52. The van der Waals surface area contributed by atoms with Crippen LogP contribution in [0.5, 0.6) is 5.75 Å². The second kappa shape index (κ2) is 5.68. The number of benzene rings is 1. The van der Waals surface area contributed by atoms with Gasteiger partial charge in [0.2, 0.25) is 0 Å². The summed E-state index contributed by atoms with van der Waals surface area (Å²) in [7, 11) is 0. The largest absolute Gasteiger partial charge is 0.487 e. The van der Waals surface area contributed by atoms with Gasteiger partial charge < -0.3 is 15.8 Å². The summed E-state index contributed by atoms with van der Waals surface area (Å²) < 4.78 is 22.4. The number of rotatable bonds is 5. The summed E-state index contributed by atoms with van der Waals surface area (Å²) in [5.74, 6) is 0.700. The second-order valence-electron chi connectivity index (χ2n) is 3.64. The van der Waals surface area contributed by atoms with Crippen LogP contribution in [0.2, 0.25) is 0 Å². The van der Waals surface area contributed by atoms with Crippen LogP contribution < -0.4 is 15.8 Å². The molecule has 2 rings (SSSR count). The van der Waals surface area contributed by atoms with Gasteiger partial charge in [-0.1, -0.05) is 12.1 Å². The van der Waals surface area contributed by atoms with E-state index >= 15 is 0 Å². The minimum Gasteiger partial charge on any atom is -0.487 e. The standard InChI is InChI=1S/C12H14FN3OS/c1-2-17-10-11(14)16-18-12(10)15-7-8-4-3-5-9(13)6-8/h3-6,15H,2,7H2,1H3,(H2,14,16). The first-order valence-electron chi connectivity index (χ1n) is 5.57. The molecule has 0 radical (unpaired) electrons. The van der Waals surface area contributed by atoms with Crippen molar-refractivity contribution >= 4 is 22.4 Å². The number of nitrogens with two attached hydrogens (primary N) is 1. The van der Waals surface area contributed by atoms with Gasteiger partial charge in [0.25, 0.3) is 0 Å². The minimum atomic E-state index is -0.247. The highest BCUT2D eigenvalue weighted by atomic mass is 32.1. The average molecular weight is 267 g/mol. The summed E-state index contributed by atoms with van der Waals surface area (Å²) in [6, 6.07) is 6.43. The van der Waals surface area contributed by atoms with Crippen molar-refractivity contribution < 1.29 is 9.13 Å². The van der Waals surface area contributed by atoms with E-state index in [2.05, 4.69) is 9.69 Å². The summed E-state index contributed by atoms with van der Waals surface area (Å²) in [5, 5.41) is 3.91. The maximum atomic E-state index is 13.0. The zero-order chi connectivity index (χ0) is 13.0. The van der Waals surface area contributed by atoms with Crippen LogP contribution in [-0.2, 0) is 6.54 Å². The monoisotopic (exact) mass is 267 g/mol. The molecule has 0 bridgehead atoms. The zero-order valence-electron chi connectivity index (χ0n) is 9.94. The molecule has 1 aromatic heterocycles. The predicted molar refractivity (Wildman–Crippen MR) is 71.4 cm³/mol. The lowest BCUT2D eigenvalue weighted by Gasteiger charge is -2.07.